The van der Waals surface area contributed by atoms with Gasteiger partial charge in [-0.2, -0.15) is 0 Å². The number of halogens is 3. The average Bonchev–Trinajstić information content (AvgIpc) is 2.76. The molecule has 0 saturated heterocycles. The van der Waals surface area contributed by atoms with E-state index in [9.17, 15) is 18.3 Å². The normalized spacial score (nSPS) is 11.9. The maximum atomic E-state index is 13.9. The summed E-state index contributed by atoms with van der Waals surface area (Å²) in [5.41, 5.74) is 1.10. The lowest BCUT2D eigenvalue weighted by Gasteiger charge is -2.14. The van der Waals surface area contributed by atoms with Crippen LogP contribution in [0.15, 0.2) is 58.6 Å². The minimum atomic E-state index is -1.53. The van der Waals surface area contributed by atoms with Gasteiger partial charge in [-0.3, -0.25) is 0 Å². The standard InChI is InChI=1S/C20H19F3N4OS2/c1-12(10-28)24-16-9-17(27-30-15-8-7-14(21)18(22)19(15)23)26-20(25-16)29-11-13-5-3-2-4-6-13/h2-9,12,28H,10-11H2,1H3,(H2,24,25,26,27)/t12-/m1/s1. The highest BCUT2D eigenvalue weighted by Crippen LogP contribution is 2.28. The zero-order valence-electron chi connectivity index (χ0n) is 15.9. The molecule has 5 nitrogen and oxygen atoms in total. The Morgan fingerprint density at radius 1 is 1.00 bits per heavy atom. The molecule has 2 aromatic carbocycles. The monoisotopic (exact) mass is 452 g/mol. The van der Waals surface area contributed by atoms with E-state index in [1.54, 1.807) is 13.0 Å². The van der Waals surface area contributed by atoms with Gasteiger partial charge in [0.15, 0.2) is 22.6 Å². The number of rotatable bonds is 9. The number of hydrogen-bond donors (Lipinski definition) is 3. The first-order valence-electron chi connectivity index (χ1n) is 8.96. The molecule has 0 unspecified atom stereocenters. The van der Waals surface area contributed by atoms with Crippen LogP contribution >= 0.6 is 23.7 Å². The van der Waals surface area contributed by atoms with Gasteiger partial charge in [-0.1, -0.05) is 42.1 Å². The second-order valence-corrected chi connectivity index (χ2v) is 8.09. The molecule has 30 heavy (non-hydrogen) atoms. The molecular formula is C20H19F3N4OS2. The van der Waals surface area contributed by atoms with Crippen LogP contribution in [0.25, 0.3) is 0 Å². The van der Waals surface area contributed by atoms with Crippen molar-refractivity contribution in [3.63, 3.8) is 0 Å². The second kappa shape index (κ2) is 10.6. The topological polar surface area (TPSA) is 70.1 Å². The maximum absolute atomic E-state index is 13.9. The smallest absolute Gasteiger partial charge is 0.195 e. The largest absolute Gasteiger partial charge is 0.394 e. The first-order valence-corrected chi connectivity index (χ1v) is 10.8. The van der Waals surface area contributed by atoms with E-state index in [2.05, 4.69) is 20.0 Å². The Bertz CT molecular complexity index is 995. The van der Waals surface area contributed by atoms with E-state index in [4.69, 9.17) is 0 Å². The number of nitrogens with zero attached hydrogens (tertiary/aromatic N) is 2. The van der Waals surface area contributed by atoms with Crippen LogP contribution in [0, 0.1) is 17.5 Å². The number of nitrogens with one attached hydrogen (secondary N) is 2. The molecule has 0 bridgehead atoms. The number of aromatic nitrogens is 2. The third kappa shape index (κ3) is 6.04. The van der Waals surface area contributed by atoms with Crippen LogP contribution in [0.1, 0.15) is 12.5 Å². The van der Waals surface area contributed by atoms with Gasteiger partial charge < -0.3 is 15.1 Å². The summed E-state index contributed by atoms with van der Waals surface area (Å²) in [7, 11) is 0. The van der Waals surface area contributed by atoms with Gasteiger partial charge in [0.25, 0.3) is 0 Å². The van der Waals surface area contributed by atoms with E-state index in [-0.39, 0.29) is 17.5 Å². The van der Waals surface area contributed by atoms with Crippen molar-refractivity contribution in [3.8, 4) is 0 Å². The van der Waals surface area contributed by atoms with E-state index >= 15 is 0 Å². The molecule has 0 aliphatic rings. The lowest BCUT2D eigenvalue weighted by atomic mass is 10.2. The molecule has 0 amide bonds. The van der Waals surface area contributed by atoms with Crippen molar-refractivity contribution in [2.45, 2.75) is 28.8 Å². The molecule has 0 spiro atoms. The maximum Gasteiger partial charge on any atom is 0.195 e. The SMILES string of the molecule is C[C@H](CO)Nc1cc(NSc2ccc(F)c(F)c2F)nc(SCc2ccccc2)n1. The van der Waals surface area contributed by atoms with Crippen molar-refractivity contribution in [2.24, 2.45) is 0 Å². The third-order valence-corrected chi connectivity index (χ3v) is 5.61. The summed E-state index contributed by atoms with van der Waals surface area (Å²) in [6.45, 7) is 1.70. The summed E-state index contributed by atoms with van der Waals surface area (Å²) in [6.07, 6.45) is 0. The molecular weight excluding hydrogens is 433 g/mol. The Morgan fingerprint density at radius 2 is 1.73 bits per heavy atom. The Hall–Kier alpha value is -2.43. The van der Waals surface area contributed by atoms with Gasteiger partial charge in [0, 0.05) is 17.9 Å². The molecule has 3 N–H and O–H groups in total. The van der Waals surface area contributed by atoms with Crippen molar-refractivity contribution >= 4 is 35.3 Å². The summed E-state index contributed by atoms with van der Waals surface area (Å²) in [6, 6.07) is 13.1. The van der Waals surface area contributed by atoms with Crippen molar-refractivity contribution in [1.29, 1.82) is 0 Å². The van der Waals surface area contributed by atoms with Gasteiger partial charge in [-0.05, 0) is 36.6 Å². The van der Waals surface area contributed by atoms with Crippen LogP contribution in [0.5, 0.6) is 0 Å². The summed E-state index contributed by atoms with van der Waals surface area (Å²) in [5, 5.41) is 12.8. The molecule has 10 heteroatoms. The molecule has 0 radical (unpaired) electrons. The molecule has 3 rings (SSSR count). The summed E-state index contributed by atoms with van der Waals surface area (Å²) < 4.78 is 43.3. The molecule has 0 saturated carbocycles. The van der Waals surface area contributed by atoms with Gasteiger partial charge in [-0.25, -0.2) is 23.1 Å². The zero-order valence-corrected chi connectivity index (χ0v) is 17.5. The fourth-order valence-electron chi connectivity index (χ4n) is 2.33. The van der Waals surface area contributed by atoms with E-state index in [1.165, 1.54) is 11.8 Å². The Labute approximate surface area is 180 Å². The van der Waals surface area contributed by atoms with Crippen molar-refractivity contribution < 1.29 is 18.3 Å². The fraction of sp³-hybridized carbons (Fsp3) is 0.200. The molecule has 1 atom stereocenters. The Balaban J connectivity index is 1.77. The Morgan fingerprint density at radius 3 is 2.47 bits per heavy atom. The van der Waals surface area contributed by atoms with Gasteiger partial charge >= 0.3 is 0 Å². The zero-order chi connectivity index (χ0) is 21.5. The summed E-state index contributed by atoms with van der Waals surface area (Å²) in [5.74, 6) is -2.58. The van der Waals surface area contributed by atoms with Crippen LogP contribution in [-0.2, 0) is 5.75 Å². The van der Waals surface area contributed by atoms with Gasteiger partial charge in [0.05, 0.1) is 11.5 Å². The predicted molar refractivity (Wildman–Crippen MR) is 114 cm³/mol. The number of anilines is 2. The molecule has 1 heterocycles. The third-order valence-electron chi connectivity index (χ3n) is 3.85. The highest BCUT2D eigenvalue weighted by Gasteiger charge is 2.15. The van der Waals surface area contributed by atoms with Crippen molar-refractivity contribution in [1.82, 2.24) is 9.97 Å². The molecule has 3 aromatic rings. The van der Waals surface area contributed by atoms with E-state index < -0.39 is 17.5 Å². The van der Waals surface area contributed by atoms with Crippen LogP contribution in [0.3, 0.4) is 0 Å². The first-order chi connectivity index (χ1) is 14.5. The molecule has 0 aliphatic heterocycles. The highest BCUT2D eigenvalue weighted by molar-refractivity contribution is 8.00. The molecule has 0 fully saturated rings. The number of thioether (sulfide) groups is 1. The van der Waals surface area contributed by atoms with E-state index in [1.807, 2.05) is 30.3 Å². The minimum absolute atomic E-state index is 0.0892. The molecule has 0 aliphatic carbocycles. The average molecular weight is 453 g/mol. The van der Waals surface area contributed by atoms with Crippen LogP contribution < -0.4 is 10.0 Å². The fourth-order valence-corrected chi connectivity index (χ4v) is 3.78. The van der Waals surface area contributed by atoms with Crippen LogP contribution in [0.4, 0.5) is 24.8 Å². The summed E-state index contributed by atoms with van der Waals surface area (Å²) in [4.78, 5) is 8.72. The highest BCUT2D eigenvalue weighted by atomic mass is 32.2. The number of benzene rings is 2. The quantitative estimate of drug-likeness (QED) is 0.181. The lowest BCUT2D eigenvalue weighted by Crippen LogP contribution is -2.20. The van der Waals surface area contributed by atoms with Gasteiger partial charge in [0.2, 0.25) is 0 Å². The van der Waals surface area contributed by atoms with Crippen molar-refractivity contribution in [3.05, 3.63) is 71.5 Å². The van der Waals surface area contributed by atoms with Gasteiger partial charge in [0.1, 0.15) is 11.6 Å². The molecule has 158 valence electrons. The van der Waals surface area contributed by atoms with E-state index in [0.717, 1.165) is 29.6 Å². The van der Waals surface area contributed by atoms with Gasteiger partial charge in [-0.15, -0.1) is 0 Å². The summed E-state index contributed by atoms with van der Waals surface area (Å²) >= 11 is 2.18. The van der Waals surface area contributed by atoms with E-state index in [0.29, 0.717) is 22.5 Å². The number of aliphatic hydroxyl groups excluding tert-OH is 1. The minimum Gasteiger partial charge on any atom is -0.394 e. The predicted octanol–water partition coefficient (Wildman–Crippen LogP) is 5.10. The Kier molecular flexibility index (Phi) is 7.83. The molecule has 1 aromatic heterocycles. The second-order valence-electron chi connectivity index (χ2n) is 6.30. The van der Waals surface area contributed by atoms with Crippen molar-refractivity contribution in [2.75, 3.05) is 16.6 Å². The van der Waals surface area contributed by atoms with Crippen LogP contribution in [-0.4, -0.2) is 27.7 Å². The number of hydrogen-bond acceptors (Lipinski definition) is 7. The first kappa shape index (κ1) is 22.3. The lowest BCUT2D eigenvalue weighted by molar-refractivity contribution is 0.281. The van der Waals surface area contributed by atoms with Crippen LogP contribution in [0.2, 0.25) is 0 Å². The number of aliphatic hydroxyl groups is 1.